The van der Waals surface area contributed by atoms with E-state index >= 15 is 0 Å². The van der Waals surface area contributed by atoms with Gasteiger partial charge in [0, 0.05) is 31.5 Å². The van der Waals surface area contributed by atoms with E-state index in [1.165, 1.54) is 19.3 Å². The van der Waals surface area contributed by atoms with Gasteiger partial charge in [-0.25, -0.2) is 13.1 Å². The molecule has 0 aromatic carbocycles. The summed E-state index contributed by atoms with van der Waals surface area (Å²) >= 11 is 0. The van der Waals surface area contributed by atoms with E-state index in [9.17, 15) is 8.42 Å². The van der Waals surface area contributed by atoms with Crippen molar-refractivity contribution >= 4 is 10.0 Å². The molecule has 1 aromatic rings. The number of sulfonamides is 1. The molecule has 1 heterocycles. The first-order valence-electron chi connectivity index (χ1n) is 7.86. The predicted octanol–water partition coefficient (Wildman–Crippen LogP) is 2.07. The summed E-state index contributed by atoms with van der Waals surface area (Å²) in [6, 6.07) is 1.68. The summed E-state index contributed by atoms with van der Waals surface area (Å²) in [7, 11) is -3.43. The third-order valence-corrected chi connectivity index (χ3v) is 6.04. The Hall–Kier alpha value is -0.850. The smallest absolute Gasteiger partial charge is 0.242 e. The highest BCUT2D eigenvalue weighted by atomic mass is 32.2. The molecule has 1 fully saturated rings. The van der Waals surface area contributed by atoms with Crippen LogP contribution in [0.5, 0.6) is 0 Å². The molecule has 0 spiro atoms. The van der Waals surface area contributed by atoms with Crippen molar-refractivity contribution in [3.63, 3.8) is 0 Å². The van der Waals surface area contributed by atoms with Crippen molar-refractivity contribution in [3.05, 3.63) is 18.0 Å². The number of hydrogen-bond acceptors (Lipinski definition) is 3. The fraction of sp³-hybridized carbons (Fsp3) is 0.733. The summed E-state index contributed by atoms with van der Waals surface area (Å²) < 4.78 is 29.5. The monoisotopic (exact) mass is 313 g/mol. The number of aromatic nitrogens is 1. The molecule has 21 heavy (non-hydrogen) atoms. The van der Waals surface area contributed by atoms with Crippen LogP contribution < -0.4 is 10.5 Å². The Morgan fingerprint density at radius 1 is 1.38 bits per heavy atom. The second-order valence-electron chi connectivity index (χ2n) is 6.03. The van der Waals surface area contributed by atoms with Crippen LogP contribution in [0.25, 0.3) is 0 Å². The van der Waals surface area contributed by atoms with Gasteiger partial charge in [0.2, 0.25) is 10.0 Å². The highest BCUT2D eigenvalue weighted by Gasteiger charge is 2.24. The molecular formula is C15H27N3O2S. The van der Waals surface area contributed by atoms with Crippen LogP contribution >= 0.6 is 0 Å². The molecule has 2 rings (SSSR count). The van der Waals surface area contributed by atoms with E-state index in [1.807, 2.05) is 11.5 Å². The van der Waals surface area contributed by atoms with E-state index in [0.717, 1.165) is 18.7 Å². The Morgan fingerprint density at radius 3 is 2.67 bits per heavy atom. The van der Waals surface area contributed by atoms with E-state index in [-0.39, 0.29) is 0 Å². The van der Waals surface area contributed by atoms with Crippen molar-refractivity contribution in [1.29, 1.82) is 0 Å². The van der Waals surface area contributed by atoms with Crippen molar-refractivity contribution in [1.82, 2.24) is 9.29 Å². The van der Waals surface area contributed by atoms with Crippen LogP contribution in [0.2, 0.25) is 0 Å². The van der Waals surface area contributed by atoms with Gasteiger partial charge in [0.15, 0.2) is 0 Å². The van der Waals surface area contributed by atoms with Gasteiger partial charge in [-0.1, -0.05) is 26.2 Å². The summed E-state index contributed by atoms with van der Waals surface area (Å²) in [5, 5.41) is 0. The third kappa shape index (κ3) is 3.87. The van der Waals surface area contributed by atoms with Gasteiger partial charge in [0.1, 0.15) is 0 Å². The average Bonchev–Trinajstić information content (AvgIpc) is 2.90. The molecule has 120 valence electrons. The molecular weight excluding hydrogens is 286 g/mol. The summed E-state index contributed by atoms with van der Waals surface area (Å²) in [6.45, 7) is 5.81. The third-order valence-electron chi connectivity index (χ3n) is 4.65. The Morgan fingerprint density at radius 2 is 2.10 bits per heavy atom. The lowest BCUT2D eigenvalue weighted by Gasteiger charge is -2.28. The average molecular weight is 313 g/mol. The highest BCUT2D eigenvalue weighted by Crippen LogP contribution is 2.29. The van der Waals surface area contributed by atoms with E-state index in [2.05, 4.69) is 11.6 Å². The van der Waals surface area contributed by atoms with Crippen LogP contribution in [0.15, 0.2) is 17.2 Å². The molecule has 0 saturated heterocycles. The molecule has 0 aliphatic heterocycles. The standard InChI is InChI=1S/C15H27N3O2S/c1-3-18-11-15(8-14(18)9-16)21(19,20)17-10-13-7-5-4-6-12(13)2/h8,11-13,17H,3-7,9-10,16H2,1-2H3. The zero-order valence-corrected chi connectivity index (χ0v) is 13.8. The molecule has 1 aliphatic carbocycles. The van der Waals surface area contributed by atoms with Gasteiger partial charge in [-0.2, -0.15) is 0 Å². The topological polar surface area (TPSA) is 77.1 Å². The maximum atomic E-state index is 12.4. The van der Waals surface area contributed by atoms with Gasteiger partial charge in [-0.3, -0.25) is 0 Å². The molecule has 0 amide bonds. The normalized spacial score (nSPS) is 23.4. The molecule has 5 nitrogen and oxygen atoms in total. The lowest BCUT2D eigenvalue weighted by atomic mass is 9.81. The fourth-order valence-electron chi connectivity index (χ4n) is 3.13. The van der Waals surface area contributed by atoms with Crippen molar-refractivity contribution in [2.75, 3.05) is 6.54 Å². The van der Waals surface area contributed by atoms with Gasteiger partial charge >= 0.3 is 0 Å². The van der Waals surface area contributed by atoms with Crippen LogP contribution in [-0.4, -0.2) is 19.5 Å². The van der Waals surface area contributed by atoms with Gasteiger partial charge in [0.25, 0.3) is 0 Å². The first-order chi connectivity index (χ1) is 9.97. The number of rotatable bonds is 6. The van der Waals surface area contributed by atoms with Gasteiger partial charge in [-0.05, 0) is 31.2 Å². The second kappa shape index (κ2) is 6.94. The molecule has 2 unspecified atom stereocenters. The van der Waals surface area contributed by atoms with Crippen LogP contribution in [0.4, 0.5) is 0 Å². The minimum Gasteiger partial charge on any atom is -0.349 e. The summed E-state index contributed by atoms with van der Waals surface area (Å²) in [5.41, 5.74) is 6.51. The van der Waals surface area contributed by atoms with Crippen molar-refractivity contribution in [2.24, 2.45) is 17.6 Å². The van der Waals surface area contributed by atoms with E-state index < -0.39 is 10.0 Å². The second-order valence-corrected chi connectivity index (χ2v) is 7.80. The summed E-state index contributed by atoms with van der Waals surface area (Å²) in [4.78, 5) is 0.327. The number of nitrogens with two attached hydrogens (primary N) is 1. The quantitative estimate of drug-likeness (QED) is 0.844. The first-order valence-corrected chi connectivity index (χ1v) is 9.35. The molecule has 0 bridgehead atoms. The Kier molecular flexibility index (Phi) is 5.46. The van der Waals surface area contributed by atoms with Crippen molar-refractivity contribution in [3.8, 4) is 0 Å². The van der Waals surface area contributed by atoms with Crippen molar-refractivity contribution in [2.45, 2.75) is 57.5 Å². The van der Waals surface area contributed by atoms with E-state index in [4.69, 9.17) is 5.73 Å². The maximum absolute atomic E-state index is 12.4. The zero-order valence-electron chi connectivity index (χ0n) is 13.0. The van der Waals surface area contributed by atoms with E-state index in [0.29, 0.717) is 29.8 Å². The lowest BCUT2D eigenvalue weighted by molar-refractivity contribution is 0.257. The SMILES string of the molecule is CCn1cc(S(=O)(=O)NCC2CCCCC2C)cc1CN. The summed E-state index contributed by atoms with van der Waals surface area (Å²) in [5.74, 6) is 1.05. The molecule has 1 aromatic heterocycles. The minimum absolute atomic E-state index is 0.327. The first kappa shape index (κ1) is 16.5. The maximum Gasteiger partial charge on any atom is 0.242 e. The van der Waals surface area contributed by atoms with E-state index in [1.54, 1.807) is 12.3 Å². The number of nitrogens with zero attached hydrogens (tertiary/aromatic N) is 1. The predicted molar refractivity (Wildman–Crippen MR) is 84.3 cm³/mol. The van der Waals surface area contributed by atoms with Gasteiger partial charge in [0.05, 0.1) is 4.90 Å². The molecule has 1 saturated carbocycles. The zero-order chi connectivity index (χ0) is 15.5. The largest absolute Gasteiger partial charge is 0.349 e. The van der Waals surface area contributed by atoms with Crippen LogP contribution in [-0.2, 0) is 23.1 Å². The highest BCUT2D eigenvalue weighted by molar-refractivity contribution is 7.89. The fourth-order valence-corrected chi connectivity index (χ4v) is 4.29. The van der Waals surface area contributed by atoms with Crippen LogP contribution in [0.1, 0.15) is 45.2 Å². The number of nitrogens with one attached hydrogen (secondary N) is 1. The van der Waals surface area contributed by atoms with Crippen LogP contribution in [0, 0.1) is 11.8 Å². The molecule has 2 atom stereocenters. The Balaban J connectivity index is 2.06. The van der Waals surface area contributed by atoms with Gasteiger partial charge in [-0.15, -0.1) is 0 Å². The Bertz CT molecular complexity index is 544. The Labute approximate surface area is 128 Å². The molecule has 1 aliphatic rings. The minimum atomic E-state index is -3.43. The molecule has 0 radical (unpaired) electrons. The lowest BCUT2D eigenvalue weighted by Crippen LogP contribution is -2.33. The van der Waals surface area contributed by atoms with Crippen molar-refractivity contribution < 1.29 is 8.42 Å². The number of aryl methyl sites for hydroxylation is 1. The summed E-state index contributed by atoms with van der Waals surface area (Å²) in [6.07, 6.45) is 6.47. The number of hydrogen-bond donors (Lipinski definition) is 2. The van der Waals surface area contributed by atoms with Gasteiger partial charge < -0.3 is 10.3 Å². The molecule has 6 heteroatoms. The van der Waals surface area contributed by atoms with Crippen LogP contribution in [0.3, 0.4) is 0 Å². The molecule has 3 N–H and O–H groups in total.